The number of nitrogens with zero attached hydrogens (tertiary/aromatic N) is 12. The summed E-state index contributed by atoms with van der Waals surface area (Å²) in [6.07, 6.45) is 7.97. The van der Waals surface area contributed by atoms with Crippen molar-refractivity contribution in [2.75, 3.05) is 190 Å². The molecule has 6 aromatic rings. The van der Waals surface area contributed by atoms with Gasteiger partial charge in [-0.2, -0.15) is 21.0 Å². The Bertz CT molecular complexity index is 4850. The summed E-state index contributed by atoms with van der Waals surface area (Å²) in [5, 5.41) is 39.2. The maximum Gasteiger partial charge on any atom is 0.348 e. The molecule has 0 bridgehead atoms. The fraction of sp³-hybridized carbons (Fsp3) is 0.353. The molecule has 0 aromatic heterocycles. The molecule has 0 heterocycles. The van der Waals surface area contributed by atoms with Crippen LogP contribution in [-0.2, 0) is 114 Å². The Balaban J connectivity index is 1.44. The lowest BCUT2D eigenvalue weighted by molar-refractivity contribution is -0.199. The van der Waals surface area contributed by atoms with Crippen LogP contribution in [-0.4, -0.2) is 232 Å². The zero-order valence-corrected chi connectivity index (χ0v) is 78.7. The molecule has 1 aliphatic rings. The van der Waals surface area contributed by atoms with Crippen LogP contribution in [0.1, 0.15) is 74.9 Å². The van der Waals surface area contributed by atoms with Crippen LogP contribution in [0.2, 0.25) is 0 Å². The van der Waals surface area contributed by atoms with E-state index in [2.05, 4.69) is 9.69 Å². The number of carbonyl (C=O) groups is 12. The number of hydrogen-bond donors (Lipinski definition) is 0. The number of esters is 12. The van der Waals surface area contributed by atoms with E-state index in [1.165, 1.54) is 36.5 Å². The van der Waals surface area contributed by atoms with Crippen molar-refractivity contribution in [1.82, 2.24) is 0 Å². The van der Waals surface area contributed by atoms with E-state index in [0.29, 0.717) is 67.5 Å². The van der Waals surface area contributed by atoms with Crippen LogP contribution < -0.4 is 29.4 Å². The molecule has 138 heavy (non-hydrogen) atoms. The highest BCUT2D eigenvalue weighted by molar-refractivity contribution is 6.02. The fourth-order valence-electron chi connectivity index (χ4n) is 14.1. The van der Waals surface area contributed by atoms with E-state index < -0.39 is 147 Å². The van der Waals surface area contributed by atoms with Gasteiger partial charge in [-0.1, -0.05) is 72.8 Å². The summed E-state index contributed by atoms with van der Waals surface area (Å²) >= 11 is 0. The molecule has 0 N–H and O–H groups in total. The Morgan fingerprint density at radius 3 is 0.536 bits per heavy atom. The lowest BCUT2D eigenvalue weighted by atomic mass is 9.56. The van der Waals surface area contributed by atoms with Gasteiger partial charge in [-0.05, 0) is 184 Å². The first-order chi connectivity index (χ1) is 66.4. The second-order valence-electron chi connectivity index (χ2n) is 30.5. The first-order valence-electron chi connectivity index (χ1n) is 43.9. The number of carbonyl (C=O) groups excluding carboxylic acids is 12. The van der Waals surface area contributed by atoms with Crippen molar-refractivity contribution in [3.05, 3.63) is 235 Å². The number of rotatable bonds is 48. The zero-order chi connectivity index (χ0) is 101. The van der Waals surface area contributed by atoms with E-state index in [0.717, 1.165) is 0 Å². The molecule has 0 spiro atoms. The Morgan fingerprint density at radius 1 is 0.254 bits per heavy atom. The molecule has 36 heteroatoms. The number of ether oxygens (including phenoxy) is 12. The van der Waals surface area contributed by atoms with E-state index in [1.807, 2.05) is 24.3 Å². The van der Waals surface area contributed by atoms with E-state index in [9.17, 15) is 49.8 Å². The highest BCUT2D eigenvalue weighted by atomic mass is 16.6. The molecular formula is C102H108N12O24. The van der Waals surface area contributed by atoms with Gasteiger partial charge in [0.15, 0.2) is 0 Å². The molecule has 0 radical (unpaired) electrons. The van der Waals surface area contributed by atoms with Crippen LogP contribution in [0.3, 0.4) is 0 Å². The van der Waals surface area contributed by atoms with Gasteiger partial charge in [0.1, 0.15) is 86.2 Å². The van der Waals surface area contributed by atoms with Crippen molar-refractivity contribution in [3.8, 4) is 24.3 Å². The van der Waals surface area contributed by atoms with Crippen molar-refractivity contribution < 1.29 is 114 Å². The number of likely N-dealkylation sites (N-methyl/N-ethyl adjacent to an activating group) is 6. The van der Waals surface area contributed by atoms with Crippen LogP contribution in [0.4, 0.5) is 34.1 Å². The normalized spacial score (nSPS) is 15.2. The van der Waals surface area contributed by atoms with Gasteiger partial charge in [0.2, 0.25) is 0 Å². The topological polar surface area (TPSA) is 439 Å². The third kappa shape index (κ3) is 31.7. The molecule has 1 fully saturated rings. The Hall–Kier alpha value is -16.9. The third-order valence-electron chi connectivity index (χ3n) is 21.5. The van der Waals surface area contributed by atoms with Crippen molar-refractivity contribution >= 4 is 142 Å². The molecule has 6 unspecified atom stereocenters. The number of nitriles is 4. The van der Waals surface area contributed by atoms with E-state index in [1.54, 1.807) is 259 Å². The molecular weight excluding hydrogens is 1780 g/mol. The third-order valence-corrected chi connectivity index (χ3v) is 21.5. The van der Waals surface area contributed by atoms with Crippen LogP contribution in [0.5, 0.6) is 0 Å². The predicted molar refractivity (Wildman–Crippen MR) is 508 cm³/mol. The van der Waals surface area contributed by atoms with Gasteiger partial charge in [0.25, 0.3) is 11.4 Å². The monoisotopic (exact) mass is 1880 g/mol. The molecule has 6 atom stereocenters. The standard InChI is InChI=1S/C102H108N12O24/c1-15-127-91(115)73(63-103)57-67-21-33-77(34-22-67)109(9)45-51-133-97(121)85-86(98(122)134-52-46-110(10)78-35-23-68(24-36-78)58-74(64-104)92(116)128-16-2)88(100(124)136-54-48-112(12)80-39-27-70(28-40-80)60-76(66-106)94(118)130-18-4)90(102(126)138-56-50-114(14)82-43-31-72(32-44-82)62-84(108-8)96(120)132-20-6)89(101(125)137-55-49-113(13)81-41-29-71(30-42-81)61-83(107-7)95(119)131-19-5)87(85)99(123)135-53-47-111(11)79-37-25-69(26-38-79)59-75(65-105)93(117)129-17-3/h21-44,57-62,85-90H,15-20,45-56H2,1-6,9-14H3/b73-57+,74-58+,75-59+,76-60+,83-61-,84-62-. The van der Waals surface area contributed by atoms with Crippen molar-refractivity contribution in [3.63, 3.8) is 0 Å². The summed E-state index contributed by atoms with van der Waals surface area (Å²) in [6.45, 7) is 20.4. The van der Waals surface area contributed by atoms with Crippen LogP contribution in [0.25, 0.3) is 46.1 Å². The Morgan fingerprint density at radius 2 is 0.399 bits per heavy atom. The number of anilines is 6. The highest BCUT2D eigenvalue weighted by Crippen LogP contribution is 2.50. The van der Waals surface area contributed by atoms with E-state index >= 15 is 28.8 Å². The lowest BCUT2D eigenvalue weighted by Crippen LogP contribution is -2.61. The minimum Gasteiger partial charge on any atom is -0.471 e. The van der Waals surface area contributed by atoms with Gasteiger partial charge >= 0.3 is 71.6 Å². The molecule has 0 saturated heterocycles. The van der Waals surface area contributed by atoms with E-state index in [4.69, 9.17) is 70.0 Å². The molecule has 720 valence electrons. The molecule has 0 amide bonds. The predicted octanol–water partition coefficient (Wildman–Crippen LogP) is 11.3. The van der Waals surface area contributed by atoms with Gasteiger partial charge < -0.3 is 86.2 Å². The first-order valence-corrected chi connectivity index (χ1v) is 43.9. The molecule has 6 aromatic carbocycles. The summed E-state index contributed by atoms with van der Waals surface area (Å²) < 4.78 is 67.6. The average molecular weight is 1890 g/mol. The summed E-state index contributed by atoms with van der Waals surface area (Å²) in [5.41, 5.74) is 3.87. The second-order valence-corrected chi connectivity index (χ2v) is 30.5. The first kappa shape index (κ1) is 108. The summed E-state index contributed by atoms with van der Waals surface area (Å²) in [7, 11) is 9.73. The van der Waals surface area contributed by atoms with Crippen LogP contribution in [0, 0.1) is 94.0 Å². The SMILES string of the molecule is [C-]#[N+]/C(=C\c1ccc(N(C)CCOC(=O)C2C(C(=O)OCCN(C)c3ccc(/C=C(\[N+]#[C-])C(=O)OCC)cc3)C(C(=O)OCCN(C)c3ccc(/C=C(\C#N)C(=O)OCC)cc3)C(C(=O)OCCN(C)c3ccc(/C=C(\C#N)C(=O)OCC)cc3)C(C(=O)OCCN(C)c3ccc(/C=C(\C#N)C(=O)OCC)cc3)C2C(=O)OCCN(C)c2ccc(/C=C(\C#N)C(=O)OCC)cc2)cc1)C(=O)OCC. The summed E-state index contributed by atoms with van der Waals surface area (Å²) in [5.74, 6) is -27.9. The second kappa shape index (κ2) is 55.6. The minimum absolute atomic E-state index is 0.0120. The molecule has 1 saturated carbocycles. The van der Waals surface area contributed by atoms with Crippen molar-refractivity contribution in [2.24, 2.45) is 35.5 Å². The van der Waals surface area contributed by atoms with Crippen molar-refractivity contribution in [1.29, 1.82) is 21.0 Å². The Kier molecular flexibility index (Phi) is 43.6. The molecule has 1 aliphatic carbocycles. The Labute approximate surface area is 800 Å². The molecule has 7 rings (SSSR count). The van der Waals surface area contributed by atoms with Gasteiger partial charge in [-0.3, -0.25) is 38.4 Å². The summed E-state index contributed by atoms with van der Waals surface area (Å²) in [6, 6.07) is 46.2. The van der Waals surface area contributed by atoms with E-state index in [-0.39, 0.29) is 113 Å². The minimum atomic E-state index is -2.39. The number of hydrogen-bond acceptors (Lipinski definition) is 34. The van der Waals surface area contributed by atoms with Gasteiger partial charge in [-0.25, -0.2) is 28.9 Å². The quantitative estimate of drug-likeness (QED) is 0.0113. The highest BCUT2D eigenvalue weighted by Gasteiger charge is 2.67. The van der Waals surface area contributed by atoms with Crippen LogP contribution >= 0.6 is 0 Å². The smallest absolute Gasteiger partial charge is 0.348 e. The van der Waals surface area contributed by atoms with Gasteiger partial charge in [0, 0.05) is 76.4 Å². The van der Waals surface area contributed by atoms with Crippen molar-refractivity contribution in [2.45, 2.75) is 41.5 Å². The maximum atomic E-state index is 16.3. The number of benzene rings is 6. The van der Waals surface area contributed by atoms with Gasteiger partial charge in [0.05, 0.1) is 128 Å². The van der Waals surface area contributed by atoms with Gasteiger partial charge in [-0.15, -0.1) is 0 Å². The lowest BCUT2D eigenvalue weighted by Gasteiger charge is -2.45. The fourth-order valence-corrected chi connectivity index (χ4v) is 14.1. The maximum absolute atomic E-state index is 16.3. The molecule has 36 nitrogen and oxygen atoms in total. The average Bonchev–Trinajstić information content (AvgIpc) is 0.726. The van der Waals surface area contributed by atoms with Crippen LogP contribution in [0.15, 0.2) is 179 Å². The zero-order valence-electron chi connectivity index (χ0n) is 78.7. The summed E-state index contributed by atoms with van der Waals surface area (Å²) in [4.78, 5) is 190. The largest absolute Gasteiger partial charge is 0.471 e. The molecule has 0 aliphatic heterocycles.